The number of halogens is 3. The van der Waals surface area contributed by atoms with E-state index >= 15 is 0 Å². The Hall–Kier alpha value is -2.97. The number of benzene rings is 2. The maximum Gasteiger partial charge on any atom is 0.416 e. The monoisotopic (exact) mass is 415 g/mol. The Morgan fingerprint density at radius 2 is 1.90 bits per heavy atom. The molecular formula is C22H20F3N3O2. The number of aliphatic hydroxyl groups is 1. The minimum Gasteiger partial charge on any atom is -0.385 e. The third-order valence-electron chi connectivity index (χ3n) is 5.51. The Kier molecular flexibility index (Phi) is 4.99. The molecule has 8 heteroatoms. The number of amides is 1. The van der Waals surface area contributed by atoms with E-state index in [1.54, 1.807) is 31.2 Å². The van der Waals surface area contributed by atoms with Gasteiger partial charge in [0, 0.05) is 30.2 Å². The van der Waals surface area contributed by atoms with Gasteiger partial charge in [0.05, 0.1) is 22.7 Å². The van der Waals surface area contributed by atoms with Crippen molar-refractivity contribution in [1.82, 2.24) is 15.6 Å². The predicted molar refractivity (Wildman–Crippen MR) is 107 cm³/mol. The minimum absolute atomic E-state index is 0.342. The zero-order valence-electron chi connectivity index (χ0n) is 16.1. The standard InChI is InChI=1S/C22H20F3N3O2/c1-13(21(30)11-26-12-21)28-20(29)16-9-15-3-2-4-18(19(15)27-10-16)14-5-7-17(8-6-14)22(23,24)25/h2-10,13,26,30H,11-12H2,1H3,(H,28,29). The molecule has 1 aromatic heterocycles. The van der Waals surface area contributed by atoms with Crippen molar-refractivity contribution in [1.29, 1.82) is 0 Å². The highest BCUT2D eigenvalue weighted by molar-refractivity contribution is 6.00. The number of nitrogens with one attached hydrogen (secondary N) is 2. The largest absolute Gasteiger partial charge is 0.416 e. The lowest BCUT2D eigenvalue weighted by Crippen LogP contribution is -2.68. The van der Waals surface area contributed by atoms with Crippen LogP contribution in [0, 0.1) is 0 Å². The van der Waals surface area contributed by atoms with E-state index in [9.17, 15) is 23.1 Å². The average molecular weight is 415 g/mol. The second-order valence-electron chi connectivity index (χ2n) is 7.58. The maximum absolute atomic E-state index is 12.8. The van der Waals surface area contributed by atoms with Crippen LogP contribution in [-0.4, -0.2) is 40.7 Å². The van der Waals surface area contributed by atoms with E-state index < -0.39 is 23.4 Å². The quantitative estimate of drug-likeness (QED) is 0.611. The van der Waals surface area contributed by atoms with Crippen molar-refractivity contribution in [3.05, 3.63) is 65.9 Å². The molecule has 3 aromatic rings. The first-order chi connectivity index (χ1) is 14.2. The molecule has 5 nitrogen and oxygen atoms in total. The second-order valence-corrected chi connectivity index (χ2v) is 7.58. The van der Waals surface area contributed by atoms with Crippen molar-refractivity contribution >= 4 is 16.8 Å². The summed E-state index contributed by atoms with van der Waals surface area (Å²) in [6.07, 6.45) is -2.96. The third kappa shape index (κ3) is 3.76. The molecule has 0 spiro atoms. The van der Waals surface area contributed by atoms with Crippen molar-refractivity contribution < 1.29 is 23.1 Å². The molecule has 1 atom stereocenters. The van der Waals surface area contributed by atoms with Crippen molar-refractivity contribution in [3.8, 4) is 11.1 Å². The van der Waals surface area contributed by atoms with Gasteiger partial charge in [-0.2, -0.15) is 13.2 Å². The molecule has 1 unspecified atom stereocenters. The molecule has 2 aromatic carbocycles. The van der Waals surface area contributed by atoms with E-state index in [2.05, 4.69) is 15.6 Å². The Labute approximate surface area is 170 Å². The van der Waals surface area contributed by atoms with Crippen LogP contribution >= 0.6 is 0 Å². The molecule has 0 radical (unpaired) electrons. The van der Waals surface area contributed by atoms with Crippen molar-refractivity contribution in [2.24, 2.45) is 0 Å². The SMILES string of the molecule is CC(NC(=O)c1cnc2c(-c3ccc(C(F)(F)F)cc3)cccc2c1)C1(O)CNC1. The van der Waals surface area contributed by atoms with E-state index in [1.807, 2.05) is 0 Å². The highest BCUT2D eigenvalue weighted by Gasteiger charge is 2.40. The summed E-state index contributed by atoms with van der Waals surface area (Å²) in [5, 5.41) is 16.8. The molecule has 0 bridgehead atoms. The number of hydrogen-bond acceptors (Lipinski definition) is 4. The van der Waals surface area contributed by atoms with E-state index in [1.165, 1.54) is 18.3 Å². The van der Waals surface area contributed by atoms with Crippen LogP contribution < -0.4 is 10.6 Å². The van der Waals surface area contributed by atoms with Crippen LogP contribution in [0.1, 0.15) is 22.8 Å². The molecule has 0 saturated carbocycles. The number of para-hydroxylation sites is 1. The number of rotatable bonds is 4. The lowest BCUT2D eigenvalue weighted by molar-refractivity contribution is -0.137. The summed E-state index contributed by atoms with van der Waals surface area (Å²) in [5.41, 5.74) is 0.535. The zero-order chi connectivity index (χ0) is 21.5. The van der Waals surface area contributed by atoms with Crippen LogP contribution in [0.5, 0.6) is 0 Å². The molecule has 3 N–H and O–H groups in total. The van der Waals surface area contributed by atoms with E-state index in [-0.39, 0.29) is 5.91 Å². The highest BCUT2D eigenvalue weighted by Crippen LogP contribution is 2.33. The van der Waals surface area contributed by atoms with Gasteiger partial charge in [0.1, 0.15) is 5.60 Å². The number of fused-ring (bicyclic) bond motifs is 1. The normalized spacial score (nSPS) is 16.7. The van der Waals surface area contributed by atoms with Crippen LogP contribution in [0.2, 0.25) is 0 Å². The Morgan fingerprint density at radius 3 is 2.50 bits per heavy atom. The lowest BCUT2D eigenvalue weighted by Gasteiger charge is -2.42. The number of carbonyl (C=O) groups is 1. The smallest absolute Gasteiger partial charge is 0.385 e. The first-order valence-corrected chi connectivity index (χ1v) is 9.48. The molecule has 1 amide bonds. The van der Waals surface area contributed by atoms with Gasteiger partial charge in [0.2, 0.25) is 0 Å². The first-order valence-electron chi connectivity index (χ1n) is 9.48. The average Bonchev–Trinajstić information content (AvgIpc) is 2.70. The van der Waals surface area contributed by atoms with Crippen molar-refractivity contribution in [3.63, 3.8) is 0 Å². The number of carbonyl (C=O) groups excluding carboxylic acids is 1. The fraction of sp³-hybridized carbons (Fsp3) is 0.273. The molecule has 156 valence electrons. The van der Waals surface area contributed by atoms with Gasteiger partial charge in [-0.3, -0.25) is 9.78 Å². The van der Waals surface area contributed by atoms with Crippen LogP contribution in [0.15, 0.2) is 54.7 Å². The summed E-state index contributed by atoms with van der Waals surface area (Å²) in [5.74, 6) is -0.350. The van der Waals surface area contributed by atoms with Gasteiger partial charge in [-0.25, -0.2) is 0 Å². The lowest BCUT2D eigenvalue weighted by atomic mass is 9.89. The fourth-order valence-corrected chi connectivity index (χ4v) is 3.46. The number of pyridine rings is 1. The minimum atomic E-state index is -4.39. The van der Waals surface area contributed by atoms with Gasteiger partial charge in [-0.05, 0) is 30.7 Å². The van der Waals surface area contributed by atoms with Crippen LogP contribution in [-0.2, 0) is 6.18 Å². The van der Waals surface area contributed by atoms with Crippen LogP contribution in [0.25, 0.3) is 22.0 Å². The van der Waals surface area contributed by atoms with Gasteiger partial charge < -0.3 is 15.7 Å². The summed E-state index contributed by atoms with van der Waals surface area (Å²) in [6.45, 7) is 2.58. The molecule has 1 fully saturated rings. The summed E-state index contributed by atoms with van der Waals surface area (Å²) in [4.78, 5) is 17.0. The fourth-order valence-electron chi connectivity index (χ4n) is 3.46. The van der Waals surface area contributed by atoms with Gasteiger partial charge in [0.25, 0.3) is 5.91 Å². The predicted octanol–water partition coefficient (Wildman–Crippen LogP) is 3.37. The Balaban J connectivity index is 1.61. The van der Waals surface area contributed by atoms with E-state index in [0.717, 1.165) is 12.1 Å². The summed E-state index contributed by atoms with van der Waals surface area (Å²) < 4.78 is 38.4. The van der Waals surface area contributed by atoms with Gasteiger partial charge >= 0.3 is 6.18 Å². The molecular weight excluding hydrogens is 395 g/mol. The molecule has 1 aliphatic rings. The summed E-state index contributed by atoms with van der Waals surface area (Å²) in [6, 6.07) is 11.5. The van der Waals surface area contributed by atoms with E-state index in [0.29, 0.717) is 40.7 Å². The van der Waals surface area contributed by atoms with Crippen molar-refractivity contribution in [2.75, 3.05) is 13.1 Å². The summed E-state index contributed by atoms with van der Waals surface area (Å²) >= 11 is 0. The Bertz CT molecular complexity index is 1090. The number of alkyl halides is 3. The van der Waals surface area contributed by atoms with Crippen molar-refractivity contribution in [2.45, 2.75) is 24.7 Å². The number of hydrogen-bond donors (Lipinski definition) is 3. The maximum atomic E-state index is 12.8. The van der Waals surface area contributed by atoms with Gasteiger partial charge in [-0.15, -0.1) is 0 Å². The molecule has 1 saturated heterocycles. The summed E-state index contributed by atoms with van der Waals surface area (Å²) in [7, 11) is 0. The first kappa shape index (κ1) is 20.3. The number of aromatic nitrogens is 1. The van der Waals surface area contributed by atoms with Gasteiger partial charge in [0.15, 0.2) is 0 Å². The van der Waals surface area contributed by atoms with Gasteiger partial charge in [-0.1, -0.05) is 30.3 Å². The highest BCUT2D eigenvalue weighted by atomic mass is 19.4. The topological polar surface area (TPSA) is 74.2 Å². The molecule has 4 rings (SSSR count). The molecule has 1 aliphatic heterocycles. The zero-order valence-corrected chi connectivity index (χ0v) is 16.1. The second kappa shape index (κ2) is 7.37. The molecule has 2 heterocycles. The number of nitrogens with zero attached hydrogens (tertiary/aromatic N) is 1. The van der Waals surface area contributed by atoms with E-state index in [4.69, 9.17) is 0 Å². The Morgan fingerprint density at radius 1 is 1.20 bits per heavy atom. The third-order valence-corrected chi connectivity index (χ3v) is 5.51. The molecule has 0 aliphatic carbocycles. The molecule has 30 heavy (non-hydrogen) atoms. The van der Waals surface area contributed by atoms with Crippen LogP contribution in [0.3, 0.4) is 0 Å². The number of β-amino-alcohol motifs (C(OH)–C–C–N with tert-alkyl or cyclic N) is 1. The van der Waals surface area contributed by atoms with Crippen LogP contribution in [0.4, 0.5) is 13.2 Å².